The molecule has 8 heteroatoms. The molecule has 31 heavy (non-hydrogen) atoms. The number of fused-ring (bicyclic) bond motifs is 1. The molecule has 2 N–H and O–H groups in total. The first-order valence-electron chi connectivity index (χ1n) is 10.1. The first-order chi connectivity index (χ1) is 15.0. The van der Waals surface area contributed by atoms with E-state index in [0.717, 1.165) is 48.2 Å². The molecule has 1 aliphatic heterocycles. The third-order valence-electron chi connectivity index (χ3n) is 5.41. The van der Waals surface area contributed by atoms with Crippen molar-refractivity contribution in [3.63, 3.8) is 0 Å². The van der Waals surface area contributed by atoms with Crippen molar-refractivity contribution in [3.8, 4) is 0 Å². The van der Waals surface area contributed by atoms with E-state index in [1.807, 2.05) is 30.5 Å². The Bertz CT molecular complexity index is 1120. The molecular weight excluding hydrogens is 432 g/mol. The number of hydrogen-bond acceptors (Lipinski definition) is 5. The van der Waals surface area contributed by atoms with E-state index in [1.165, 1.54) is 7.11 Å². The van der Waals surface area contributed by atoms with Crippen molar-refractivity contribution in [3.05, 3.63) is 65.3 Å². The van der Waals surface area contributed by atoms with Crippen molar-refractivity contribution in [1.29, 1.82) is 0 Å². The Morgan fingerprint density at radius 1 is 1.19 bits per heavy atom. The van der Waals surface area contributed by atoms with Gasteiger partial charge in [0.25, 0.3) is 0 Å². The van der Waals surface area contributed by atoms with Crippen LogP contribution < -0.4 is 15.5 Å². The lowest BCUT2D eigenvalue weighted by molar-refractivity contribution is 0.0601. The van der Waals surface area contributed by atoms with Crippen molar-refractivity contribution in [2.45, 2.75) is 18.9 Å². The van der Waals surface area contributed by atoms with Gasteiger partial charge in [-0.1, -0.05) is 29.8 Å². The number of carbonyl (C=O) groups is 1. The summed E-state index contributed by atoms with van der Waals surface area (Å²) in [5.74, 6) is -0.375. The van der Waals surface area contributed by atoms with Crippen LogP contribution in [0.15, 0.2) is 54.7 Å². The van der Waals surface area contributed by atoms with Gasteiger partial charge in [-0.25, -0.2) is 4.79 Å². The fourth-order valence-electron chi connectivity index (χ4n) is 3.86. The van der Waals surface area contributed by atoms with Gasteiger partial charge < -0.3 is 20.3 Å². The summed E-state index contributed by atoms with van der Waals surface area (Å²) in [6.45, 7) is 1.81. The Morgan fingerprint density at radius 3 is 2.74 bits per heavy atom. The number of esters is 1. The number of aromatic nitrogens is 1. The summed E-state index contributed by atoms with van der Waals surface area (Å²) in [7, 11) is 1.37. The Morgan fingerprint density at radius 2 is 1.97 bits per heavy atom. The number of carbonyl (C=O) groups excluding carboxylic acids is 1. The topological polar surface area (TPSA) is 66.5 Å². The molecule has 0 saturated carbocycles. The summed E-state index contributed by atoms with van der Waals surface area (Å²) in [6.07, 6.45) is 3.72. The zero-order valence-corrected chi connectivity index (χ0v) is 18.7. The SMILES string of the molecule is COC(=O)c1cccc(NC(=S)NC2CCN(c3ccnc4c(Cl)cccc34)CC2)c1. The predicted molar refractivity (Wildman–Crippen MR) is 129 cm³/mol. The van der Waals surface area contributed by atoms with E-state index in [4.69, 9.17) is 28.6 Å². The minimum absolute atomic E-state index is 0.275. The monoisotopic (exact) mass is 454 g/mol. The van der Waals surface area contributed by atoms with E-state index < -0.39 is 0 Å². The molecule has 4 rings (SSSR count). The van der Waals surface area contributed by atoms with Crippen molar-refractivity contribution in [2.24, 2.45) is 0 Å². The molecule has 1 aliphatic rings. The average molecular weight is 455 g/mol. The molecule has 1 fully saturated rings. The number of ether oxygens (including phenoxy) is 1. The number of nitrogens with zero attached hydrogens (tertiary/aromatic N) is 2. The molecule has 0 radical (unpaired) electrons. The molecule has 160 valence electrons. The third kappa shape index (κ3) is 4.89. The number of piperidine rings is 1. The van der Waals surface area contributed by atoms with Crippen molar-refractivity contribution in [1.82, 2.24) is 10.3 Å². The van der Waals surface area contributed by atoms with E-state index in [2.05, 4.69) is 26.6 Å². The fourth-order valence-corrected chi connectivity index (χ4v) is 4.37. The van der Waals surface area contributed by atoms with Crippen LogP contribution in [0.1, 0.15) is 23.2 Å². The summed E-state index contributed by atoms with van der Waals surface area (Å²) in [4.78, 5) is 18.5. The number of benzene rings is 2. The van der Waals surface area contributed by atoms with Crippen LogP contribution in [0, 0.1) is 0 Å². The number of rotatable bonds is 4. The molecule has 0 spiro atoms. The lowest BCUT2D eigenvalue weighted by atomic mass is 10.0. The van der Waals surface area contributed by atoms with Gasteiger partial charge in [-0.05, 0) is 55.4 Å². The molecule has 3 aromatic rings. The molecule has 0 atom stereocenters. The van der Waals surface area contributed by atoms with Gasteiger partial charge in [0, 0.05) is 42.1 Å². The Labute approximate surface area is 191 Å². The molecule has 0 amide bonds. The number of halogens is 1. The Balaban J connectivity index is 1.35. The molecule has 0 aliphatic carbocycles. The number of methoxy groups -OCH3 is 1. The number of pyridine rings is 1. The predicted octanol–water partition coefficient (Wildman–Crippen LogP) is 4.63. The highest BCUT2D eigenvalue weighted by Crippen LogP contribution is 2.31. The standard InChI is InChI=1S/C23H23ClN4O2S/c1-30-22(29)15-4-2-5-17(14-15)27-23(31)26-16-9-12-28(13-10-16)20-8-11-25-21-18(20)6-3-7-19(21)24/h2-8,11,14,16H,9-10,12-13H2,1H3,(H2,26,27,31). The van der Waals surface area contributed by atoms with Crippen LogP contribution in [0.3, 0.4) is 0 Å². The first-order valence-corrected chi connectivity index (χ1v) is 10.9. The van der Waals surface area contributed by atoms with Crippen LogP contribution in [0.25, 0.3) is 10.9 Å². The number of nitrogens with one attached hydrogen (secondary N) is 2. The van der Waals surface area contributed by atoms with Gasteiger partial charge in [0.1, 0.15) is 0 Å². The van der Waals surface area contributed by atoms with Crippen LogP contribution in [-0.2, 0) is 4.74 Å². The largest absolute Gasteiger partial charge is 0.465 e. The minimum Gasteiger partial charge on any atom is -0.465 e. The fraction of sp³-hybridized carbons (Fsp3) is 0.261. The quantitative estimate of drug-likeness (QED) is 0.440. The van der Waals surface area contributed by atoms with Gasteiger partial charge in [0.05, 0.1) is 23.2 Å². The molecule has 1 aromatic heterocycles. The lowest BCUT2D eigenvalue weighted by Gasteiger charge is -2.35. The minimum atomic E-state index is -0.375. The molecule has 1 saturated heterocycles. The second-order valence-electron chi connectivity index (χ2n) is 7.40. The number of para-hydroxylation sites is 1. The normalized spacial score (nSPS) is 14.3. The Kier molecular flexibility index (Phi) is 6.53. The molecule has 2 heterocycles. The highest BCUT2D eigenvalue weighted by atomic mass is 35.5. The molecule has 0 bridgehead atoms. The molecular formula is C23H23ClN4O2S. The van der Waals surface area contributed by atoms with E-state index in [9.17, 15) is 4.79 Å². The van der Waals surface area contributed by atoms with Gasteiger partial charge in [0.2, 0.25) is 0 Å². The second-order valence-corrected chi connectivity index (χ2v) is 8.21. The van der Waals surface area contributed by atoms with Gasteiger partial charge in [0.15, 0.2) is 5.11 Å². The number of anilines is 2. The van der Waals surface area contributed by atoms with Crippen LogP contribution in [0.5, 0.6) is 0 Å². The molecule has 2 aromatic carbocycles. The zero-order valence-electron chi connectivity index (χ0n) is 17.1. The van der Waals surface area contributed by atoms with Gasteiger partial charge in [-0.15, -0.1) is 0 Å². The highest BCUT2D eigenvalue weighted by Gasteiger charge is 2.21. The van der Waals surface area contributed by atoms with E-state index in [1.54, 1.807) is 18.2 Å². The van der Waals surface area contributed by atoms with Gasteiger partial charge in [-0.3, -0.25) is 4.98 Å². The number of thiocarbonyl (C=S) groups is 1. The summed E-state index contributed by atoms with van der Waals surface area (Å²) in [5.41, 5.74) is 3.22. The lowest BCUT2D eigenvalue weighted by Crippen LogP contribution is -2.46. The maximum atomic E-state index is 11.7. The summed E-state index contributed by atoms with van der Waals surface area (Å²) in [6, 6.07) is 15.3. The maximum Gasteiger partial charge on any atom is 0.337 e. The van der Waals surface area contributed by atoms with Crippen LogP contribution in [0.4, 0.5) is 11.4 Å². The maximum absolute atomic E-state index is 11.7. The van der Waals surface area contributed by atoms with E-state index in [-0.39, 0.29) is 12.0 Å². The zero-order chi connectivity index (χ0) is 21.8. The van der Waals surface area contributed by atoms with Crippen molar-refractivity contribution >= 4 is 57.2 Å². The van der Waals surface area contributed by atoms with Gasteiger partial charge in [-0.2, -0.15) is 0 Å². The summed E-state index contributed by atoms with van der Waals surface area (Å²) < 4.78 is 4.77. The van der Waals surface area contributed by atoms with Crippen LogP contribution >= 0.6 is 23.8 Å². The second kappa shape index (κ2) is 9.49. The average Bonchev–Trinajstić information content (AvgIpc) is 2.79. The summed E-state index contributed by atoms with van der Waals surface area (Å²) in [5, 5.41) is 8.84. The van der Waals surface area contributed by atoms with Crippen molar-refractivity contribution in [2.75, 3.05) is 30.4 Å². The summed E-state index contributed by atoms with van der Waals surface area (Å²) >= 11 is 11.8. The van der Waals surface area contributed by atoms with Gasteiger partial charge >= 0.3 is 5.97 Å². The molecule has 0 unspecified atom stereocenters. The Hall–Kier alpha value is -2.90. The number of hydrogen-bond donors (Lipinski definition) is 2. The smallest absolute Gasteiger partial charge is 0.337 e. The molecule has 6 nitrogen and oxygen atoms in total. The van der Waals surface area contributed by atoms with Crippen molar-refractivity contribution < 1.29 is 9.53 Å². The third-order valence-corrected chi connectivity index (χ3v) is 5.94. The van der Waals surface area contributed by atoms with E-state index >= 15 is 0 Å². The van der Waals surface area contributed by atoms with Crippen LogP contribution in [0.2, 0.25) is 5.02 Å². The van der Waals surface area contributed by atoms with Crippen LogP contribution in [-0.4, -0.2) is 42.3 Å². The highest BCUT2D eigenvalue weighted by molar-refractivity contribution is 7.80. The first kappa shape index (κ1) is 21.3. The van der Waals surface area contributed by atoms with E-state index in [0.29, 0.717) is 15.7 Å².